The van der Waals surface area contributed by atoms with Gasteiger partial charge in [-0.1, -0.05) is 0 Å². The zero-order valence-corrected chi connectivity index (χ0v) is 8.79. The summed E-state index contributed by atoms with van der Waals surface area (Å²) >= 11 is 2.55. The molecular formula is C8H8O3S2. The molecule has 0 atom stereocenters. The molecule has 0 bridgehead atoms. The fraction of sp³-hybridized carbons (Fsp3) is 0.250. The van der Waals surface area contributed by atoms with E-state index in [2.05, 4.69) is 0 Å². The Labute approximate surface area is 83.8 Å². The molecule has 1 rings (SSSR count). The molecule has 1 heterocycles. The molecule has 0 aromatic carbocycles. The molecule has 0 radical (unpaired) electrons. The van der Waals surface area contributed by atoms with Crippen molar-refractivity contribution in [2.24, 2.45) is 0 Å². The first-order chi connectivity index (χ1) is 6.11. The summed E-state index contributed by atoms with van der Waals surface area (Å²) in [4.78, 5) is 21.6. The fourth-order valence-corrected chi connectivity index (χ4v) is 2.84. The Morgan fingerprint density at radius 3 is 2.54 bits per heavy atom. The van der Waals surface area contributed by atoms with Crippen LogP contribution < -0.4 is 0 Å². The van der Waals surface area contributed by atoms with Crippen LogP contribution in [-0.2, 0) is 0 Å². The number of carbonyl (C=O) groups excluding carboxylic acids is 1. The van der Waals surface area contributed by atoms with Gasteiger partial charge in [0.25, 0.3) is 0 Å². The van der Waals surface area contributed by atoms with E-state index < -0.39 is 5.97 Å². The predicted octanol–water partition coefficient (Wildman–Crippen LogP) is 2.29. The highest BCUT2D eigenvalue weighted by molar-refractivity contribution is 8.00. The molecule has 5 heteroatoms. The summed E-state index contributed by atoms with van der Waals surface area (Å²) in [5.74, 6) is -0.967. The Morgan fingerprint density at radius 1 is 1.62 bits per heavy atom. The van der Waals surface area contributed by atoms with Crippen LogP contribution in [0.15, 0.2) is 4.21 Å². The molecule has 0 spiro atoms. The van der Waals surface area contributed by atoms with Gasteiger partial charge in [-0.05, 0) is 18.7 Å². The first kappa shape index (κ1) is 10.3. The number of carboxylic acids is 1. The van der Waals surface area contributed by atoms with Crippen LogP contribution in [0.3, 0.4) is 0 Å². The lowest BCUT2D eigenvalue weighted by Gasteiger charge is -1.91. The summed E-state index contributed by atoms with van der Waals surface area (Å²) in [6.07, 6.45) is 2.54. The van der Waals surface area contributed by atoms with Gasteiger partial charge in [-0.15, -0.1) is 23.1 Å². The maximum absolute atomic E-state index is 10.7. The molecule has 0 saturated heterocycles. The minimum atomic E-state index is -0.967. The molecule has 0 saturated carbocycles. The van der Waals surface area contributed by atoms with E-state index in [1.165, 1.54) is 11.8 Å². The molecule has 70 valence electrons. The normalized spacial score (nSPS) is 10.0. The highest BCUT2D eigenvalue weighted by Crippen LogP contribution is 2.33. The van der Waals surface area contributed by atoms with Crippen molar-refractivity contribution in [3.8, 4) is 0 Å². The maximum Gasteiger partial charge on any atom is 0.346 e. The lowest BCUT2D eigenvalue weighted by Crippen LogP contribution is -1.95. The minimum Gasteiger partial charge on any atom is -0.477 e. The van der Waals surface area contributed by atoms with Crippen LogP contribution >= 0.6 is 23.1 Å². The second kappa shape index (κ2) is 3.93. The van der Waals surface area contributed by atoms with Crippen molar-refractivity contribution in [1.29, 1.82) is 0 Å². The fourth-order valence-electron chi connectivity index (χ4n) is 0.992. The summed E-state index contributed by atoms with van der Waals surface area (Å²) < 4.78 is 0.768. The summed E-state index contributed by atoms with van der Waals surface area (Å²) in [5.41, 5.74) is 1.08. The van der Waals surface area contributed by atoms with E-state index >= 15 is 0 Å². The Hall–Kier alpha value is -0.810. The van der Waals surface area contributed by atoms with Crippen molar-refractivity contribution in [3.63, 3.8) is 0 Å². The zero-order valence-electron chi connectivity index (χ0n) is 7.16. The van der Waals surface area contributed by atoms with Gasteiger partial charge in [0.2, 0.25) is 0 Å². The second-order valence-corrected chi connectivity index (χ2v) is 4.48. The Kier molecular flexibility index (Phi) is 3.11. The maximum atomic E-state index is 10.7. The summed E-state index contributed by atoms with van der Waals surface area (Å²) in [6.45, 7) is 1.66. The summed E-state index contributed by atoms with van der Waals surface area (Å²) in [5, 5.41) is 8.78. The number of hydrogen-bond donors (Lipinski definition) is 1. The van der Waals surface area contributed by atoms with E-state index in [4.69, 9.17) is 5.11 Å². The third-order valence-electron chi connectivity index (χ3n) is 1.66. The van der Waals surface area contributed by atoms with E-state index in [0.29, 0.717) is 17.4 Å². The van der Waals surface area contributed by atoms with Gasteiger partial charge in [-0.2, -0.15) is 0 Å². The van der Waals surface area contributed by atoms with E-state index in [1.807, 2.05) is 6.26 Å². The number of thiophene rings is 1. The third-order valence-corrected chi connectivity index (χ3v) is 4.09. The lowest BCUT2D eigenvalue weighted by molar-refractivity contribution is 0.0701. The number of hydrogen-bond acceptors (Lipinski definition) is 4. The van der Waals surface area contributed by atoms with Crippen molar-refractivity contribution in [2.45, 2.75) is 11.1 Å². The topological polar surface area (TPSA) is 54.4 Å². The summed E-state index contributed by atoms with van der Waals surface area (Å²) in [6, 6.07) is 0. The predicted molar refractivity (Wildman–Crippen MR) is 53.2 cm³/mol. The number of aromatic carboxylic acids is 1. The average molecular weight is 216 g/mol. The van der Waals surface area contributed by atoms with E-state index in [1.54, 1.807) is 6.92 Å². The second-order valence-electron chi connectivity index (χ2n) is 2.38. The van der Waals surface area contributed by atoms with Crippen LogP contribution in [0, 0.1) is 6.92 Å². The molecule has 3 nitrogen and oxygen atoms in total. The molecule has 1 aromatic heterocycles. The van der Waals surface area contributed by atoms with E-state index in [-0.39, 0.29) is 4.88 Å². The van der Waals surface area contributed by atoms with Crippen molar-refractivity contribution in [3.05, 3.63) is 16.0 Å². The first-order valence-corrected chi connectivity index (χ1v) is 5.51. The smallest absolute Gasteiger partial charge is 0.346 e. The van der Waals surface area contributed by atoms with Crippen LogP contribution in [-0.4, -0.2) is 23.6 Å². The Morgan fingerprint density at radius 2 is 2.23 bits per heavy atom. The molecule has 13 heavy (non-hydrogen) atoms. The number of carboxylic acid groups (broad SMARTS) is 1. The van der Waals surface area contributed by atoms with Crippen LogP contribution in [0.1, 0.15) is 25.6 Å². The monoisotopic (exact) mass is 216 g/mol. The lowest BCUT2D eigenvalue weighted by atomic mass is 10.2. The van der Waals surface area contributed by atoms with Crippen molar-refractivity contribution < 1.29 is 14.7 Å². The number of carbonyl (C=O) groups is 2. The molecule has 0 unspecified atom stereocenters. The first-order valence-electron chi connectivity index (χ1n) is 3.47. The number of thioether (sulfide) groups is 1. The molecule has 1 N–H and O–H groups in total. The van der Waals surface area contributed by atoms with Crippen LogP contribution in [0.2, 0.25) is 0 Å². The van der Waals surface area contributed by atoms with E-state index in [0.717, 1.165) is 15.5 Å². The quantitative estimate of drug-likeness (QED) is 0.622. The SMILES string of the molecule is CSc1sc(C(=O)O)c(C)c1C=O. The van der Waals surface area contributed by atoms with Crippen molar-refractivity contribution in [2.75, 3.05) is 6.26 Å². The van der Waals surface area contributed by atoms with Gasteiger partial charge in [0.15, 0.2) is 6.29 Å². The number of rotatable bonds is 3. The molecule has 0 aliphatic rings. The largest absolute Gasteiger partial charge is 0.477 e. The molecular weight excluding hydrogens is 208 g/mol. The molecule has 1 aromatic rings. The Bertz CT molecular complexity index is 355. The molecule has 0 amide bonds. The number of aldehydes is 1. The van der Waals surface area contributed by atoms with Crippen LogP contribution in [0.25, 0.3) is 0 Å². The molecule has 0 aliphatic heterocycles. The molecule has 0 fully saturated rings. The van der Waals surface area contributed by atoms with Crippen molar-refractivity contribution in [1.82, 2.24) is 0 Å². The van der Waals surface area contributed by atoms with Gasteiger partial charge in [0.1, 0.15) is 4.88 Å². The highest BCUT2D eigenvalue weighted by Gasteiger charge is 2.18. The van der Waals surface area contributed by atoms with E-state index in [9.17, 15) is 9.59 Å². The van der Waals surface area contributed by atoms with Crippen molar-refractivity contribution >= 4 is 35.4 Å². The zero-order chi connectivity index (χ0) is 10.0. The summed E-state index contributed by atoms with van der Waals surface area (Å²) in [7, 11) is 0. The van der Waals surface area contributed by atoms with Gasteiger partial charge in [-0.25, -0.2) is 4.79 Å². The standard InChI is InChI=1S/C8H8O3S2/c1-4-5(3-9)8(12-2)13-6(4)7(10)11/h3H,1-2H3,(H,10,11). The minimum absolute atomic E-state index is 0.256. The van der Waals surface area contributed by atoms with Crippen LogP contribution in [0.4, 0.5) is 0 Å². The van der Waals surface area contributed by atoms with Gasteiger partial charge in [0.05, 0.1) is 4.21 Å². The van der Waals surface area contributed by atoms with Gasteiger partial charge in [-0.3, -0.25) is 4.79 Å². The Balaban J connectivity index is 3.34. The van der Waals surface area contributed by atoms with Gasteiger partial charge < -0.3 is 5.11 Å². The van der Waals surface area contributed by atoms with Gasteiger partial charge >= 0.3 is 5.97 Å². The average Bonchev–Trinajstić information content (AvgIpc) is 2.41. The van der Waals surface area contributed by atoms with Crippen LogP contribution in [0.5, 0.6) is 0 Å². The molecule has 0 aliphatic carbocycles. The third kappa shape index (κ3) is 1.76. The van der Waals surface area contributed by atoms with Gasteiger partial charge in [0, 0.05) is 5.56 Å². The highest BCUT2D eigenvalue weighted by atomic mass is 32.2.